The van der Waals surface area contributed by atoms with E-state index in [9.17, 15) is 0 Å². The molecule has 0 saturated heterocycles. The number of hydrogen-bond acceptors (Lipinski definition) is 1. The van der Waals surface area contributed by atoms with Gasteiger partial charge in [-0.3, -0.25) is 0 Å². The zero-order chi connectivity index (χ0) is 41.0. The molecule has 0 unspecified atom stereocenters. The van der Waals surface area contributed by atoms with E-state index in [0.29, 0.717) is 0 Å². The van der Waals surface area contributed by atoms with Crippen molar-refractivity contribution >= 4 is 71.2 Å². The van der Waals surface area contributed by atoms with Crippen LogP contribution in [0.2, 0.25) is 0 Å². The van der Waals surface area contributed by atoms with Crippen molar-refractivity contribution in [2.45, 2.75) is 0 Å². The highest BCUT2D eigenvalue weighted by Crippen LogP contribution is 2.42. The number of benzene rings is 11. The van der Waals surface area contributed by atoms with Gasteiger partial charge in [-0.2, -0.15) is 0 Å². The Morgan fingerprint density at radius 3 is 1.48 bits per heavy atom. The molecule has 0 bridgehead atoms. The molecule has 290 valence electrons. The van der Waals surface area contributed by atoms with Crippen molar-refractivity contribution in [3.05, 3.63) is 243 Å². The van der Waals surface area contributed by atoms with Crippen molar-refractivity contribution in [2.24, 2.45) is 0 Å². The van der Waals surface area contributed by atoms with E-state index in [1.54, 1.807) is 0 Å². The largest absolute Gasteiger partial charge is 0.310 e. The predicted molar refractivity (Wildman–Crippen MR) is 264 cm³/mol. The van der Waals surface area contributed by atoms with E-state index in [1.165, 1.54) is 87.5 Å². The number of anilines is 3. The second-order valence-corrected chi connectivity index (χ2v) is 16.1. The van der Waals surface area contributed by atoms with Crippen molar-refractivity contribution in [1.82, 2.24) is 4.57 Å². The van der Waals surface area contributed by atoms with Gasteiger partial charge in [0.05, 0.1) is 11.0 Å². The zero-order valence-corrected chi connectivity index (χ0v) is 34.0. The SMILES string of the molecule is c1ccc(-c2ccccc2-c2ccc(N(c3ccc(-c4ccc5c6ccc7ccccc7c6n(-c6ccccc6)c5c4)cc3)c3ccc4c(ccc5ccccc54)c3)cc2)cc1. The van der Waals surface area contributed by atoms with E-state index in [-0.39, 0.29) is 0 Å². The Labute approximate surface area is 360 Å². The Bertz CT molecular complexity index is 3600. The fraction of sp³-hybridized carbons (Fsp3) is 0. The van der Waals surface area contributed by atoms with Crippen LogP contribution in [0.25, 0.3) is 93.2 Å². The number of para-hydroxylation sites is 1. The summed E-state index contributed by atoms with van der Waals surface area (Å²) in [5.74, 6) is 0. The average molecular weight is 789 g/mol. The Hall–Kier alpha value is -8.20. The normalized spacial score (nSPS) is 11.5. The van der Waals surface area contributed by atoms with Gasteiger partial charge in [0.25, 0.3) is 0 Å². The van der Waals surface area contributed by atoms with Crippen LogP contribution in [0.15, 0.2) is 243 Å². The molecule has 0 saturated carbocycles. The van der Waals surface area contributed by atoms with Crippen LogP contribution >= 0.6 is 0 Å². The van der Waals surface area contributed by atoms with Crippen LogP contribution in [0.5, 0.6) is 0 Å². The lowest BCUT2D eigenvalue weighted by Gasteiger charge is -2.26. The summed E-state index contributed by atoms with van der Waals surface area (Å²) >= 11 is 0. The van der Waals surface area contributed by atoms with Crippen molar-refractivity contribution in [3.8, 4) is 39.1 Å². The first-order valence-electron chi connectivity index (χ1n) is 21.3. The van der Waals surface area contributed by atoms with Gasteiger partial charge < -0.3 is 9.47 Å². The molecule has 0 fully saturated rings. The monoisotopic (exact) mass is 788 g/mol. The Balaban J connectivity index is 0.976. The van der Waals surface area contributed by atoms with Crippen LogP contribution in [0.3, 0.4) is 0 Å². The van der Waals surface area contributed by atoms with Crippen LogP contribution in [-0.2, 0) is 0 Å². The highest BCUT2D eigenvalue weighted by Gasteiger charge is 2.18. The zero-order valence-electron chi connectivity index (χ0n) is 34.0. The van der Waals surface area contributed by atoms with Crippen molar-refractivity contribution < 1.29 is 0 Å². The summed E-state index contributed by atoms with van der Waals surface area (Å²) in [6.07, 6.45) is 0. The molecule has 0 N–H and O–H groups in total. The molecule has 0 spiro atoms. The first-order valence-corrected chi connectivity index (χ1v) is 21.3. The maximum atomic E-state index is 2.44. The van der Waals surface area contributed by atoms with Crippen LogP contribution in [0.1, 0.15) is 0 Å². The molecule has 12 aromatic rings. The van der Waals surface area contributed by atoms with Gasteiger partial charge in [0.15, 0.2) is 0 Å². The standard InChI is InChI=1S/C60H40N2/c1-3-13-42(14-4-1)52-20-11-12-21-54(52)45-27-33-50(34-28-45)61(51-35-38-55-47(39-51)24-23-43-15-7-9-19-53(43)55)49-31-25-41(26-32-49)46-30-36-57-58-37-29-44-16-8-10-22-56(44)60(58)62(59(57)40-46)48-17-5-2-6-18-48/h1-40H. The second kappa shape index (κ2) is 14.8. The van der Waals surface area contributed by atoms with Crippen molar-refractivity contribution in [3.63, 3.8) is 0 Å². The van der Waals surface area contributed by atoms with Gasteiger partial charge in [-0.15, -0.1) is 0 Å². The molecule has 62 heavy (non-hydrogen) atoms. The Morgan fingerprint density at radius 2 is 0.758 bits per heavy atom. The molecule has 0 atom stereocenters. The summed E-state index contributed by atoms with van der Waals surface area (Å²) in [6.45, 7) is 0. The van der Waals surface area contributed by atoms with Gasteiger partial charge >= 0.3 is 0 Å². The molecule has 1 aromatic heterocycles. The molecule has 0 radical (unpaired) electrons. The Morgan fingerprint density at radius 1 is 0.274 bits per heavy atom. The summed E-state index contributed by atoms with van der Waals surface area (Å²) in [7, 11) is 0. The number of fused-ring (bicyclic) bond motifs is 8. The first kappa shape index (κ1) is 35.7. The van der Waals surface area contributed by atoms with E-state index >= 15 is 0 Å². The highest BCUT2D eigenvalue weighted by molar-refractivity contribution is 6.19. The van der Waals surface area contributed by atoms with E-state index in [0.717, 1.165) is 22.7 Å². The van der Waals surface area contributed by atoms with Gasteiger partial charge in [0.1, 0.15) is 0 Å². The topological polar surface area (TPSA) is 8.17 Å². The molecule has 12 rings (SSSR count). The maximum Gasteiger partial charge on any atom is 0.0619 e. The Kier molecular flexibility index (Phi) is 8.53. The van der Waals surface area contributed by atoms with Gasteiger partial charge in [-0.05, 0) is 115 Å². The molecule has 11 aromatic carbocycles. The lowest BCUT2D eigenvalue weighted by molar-refractivity contribution is 1.19. The van der Waals surface area contributed by atoms with Crippen LogP contribution in [0, 0.1) is 0 Å². The minimum absolute atomic E-state index is 1.09. The quantitative estimate of drug-likeness (QED) is 0.146. The molecule has 2 heteroatoms. The minimum atomic E-state index is 1.09. The summed E-state index contributed by atoms with van der Waals surface area (Å²) in [5, 5.41) is 10.0. The summed E-state index contributed by atoms with van der Waals surface area (Å²) in [4.78, 5) is 2.38. The summed E-state index contributed by atoms with van der Waals surface area (Å²) in [6, 6.07) is 88.4. The second-order valence-electron chi connectivity index (χ2n) is 16.1. The van der Waals surface area contributed by atoms with E-state index in [2.05, 4.69) is 252 Å². The van der Waals surface area contributed by atoms with Gasteiger partial charge in [0.2, 0.25) is 0 Å². The van der Waals surface area contributed by atoms with Gasteiger partial charge in [0, 0.05) is 38.9 Å². The summed E-state index contributed by atoms with van der Waals surface area (Å²) in [5.41, 5.74) is 14.1. The third-order valence-corrected chi connectivity index (χ3v) is 12.6. The highest BCUT2D eigenvalue weighted by atomic mass is 15.1. The molecule has 2 nitrogen and oxygen atoms in total. The number of aromatic nitrogens is 1. The number of nitrogens with zero attached hydrogens (tertiary/aromatic N) is 2. The van der Waals surface area contributed by atoms with E-state index in [1.807, 2.05) is 0 Å². The average Bonchev–Trinajstić information content (AvgIpc) is 3.69. The van der Waals surface area contributed by atoms with Crippen LogP contribution in [-0.4, -0.2) is 4.57 Å². The smallest absolute Gasteiger partial charge is 0.0619 e. The molecule has 0 aliphatic rings. The predicted octanol–water partition coefficient (Wildman–Crippen LogP) is 16.7. The van der Waals surface area contributed by atoms with Crippen molar-refractivity contribution in [1.29, 1.82) is 0 Å². The fourth-order valence-corrected chi connectivity index (χ4v) is 9.59. The lowest BCUT2D eigenvalue weighted by Crippen LogP contribution is -2.09. The number of hydrogen-bond donors (Lipinski definition) is 0. The molecule has 0 aliphatic carbocycles. The molecule has 1 heterocycles. The third-order valence-electron chi connectivity index (χ3n) is 12.6. The van der Waals surface area contributed by atoms with Crippen LogP contribution in [0.4, 0.5) is 17.1 Å². The van der Waals surface area contributed by atoms with E-state index in [4.69, 9.17) is 0 Å². The molecular formula is C60H40N2. The van der Waals surface area contributed by atoms with Crippen molar-refractivity contribution in [2.75, 3.05) is 4.90 Å². The molecular weight excluding hydrogens is 749 g/mol. The minimum Gasteiger partial charge on any atom is -0.310 e. The molecule has 0 aliphatic heterocycles. The summed E-state index contributed by atoms with van der Waals surface area (Å²) < 4.78 is 2.44. The fourth-order valence-electron chi connectivity index (χ4n) is 9.59. The maximum absolute atomic E-state index is 2.44. The van der Waals surface area contributed by atoms with Gasteiger partial charge in [-0.25, -0.2) is 0 Å². The molecule has 0 amide bonds. The third kappa shape index (κ3) is 6.04. The lowest BCUT2D eigenvalue weighted by atomic mass is 9.94. The van der Waals surface area contributed by atoms with Gasteiger partial charge in [-0.1, -0.05) is 188 Å². The van der Waals surface area contributed by atoms with Crippen LogP contribution < -0.4 is 4.90 Å². The first-order chi connectivity index (χ1) is 30.7. The van der Waals surface area contributed by atoms with E-state index < -0.39 is 0 Å². The number of rotatable bonds is 7.